The molecule has 0 radical (unpaired) electrons. The first-order chi connectivity index (χ1) is 23.3. The smallest absolute Gasteiger partial charge is 0.164 e. The third-order valence-electron chi connectivity index (χ3n) is 9.49. The van der Waals surface area contributed by atoms with Crippen molar-refractivity contribution in [3.05, 3.63) is 173 Å². The zero-order chi connectivity index (χ0) is 31.0. The highest BCUT2D eigenvalue weighted by molar-refractivity contribution is 7.17. The van der Waals surface area contributed by atoms with Crippen LogP contribution in [-0.2, 0) is 5.41 Å². The standard InChI is InChI=1S/C42H25N3OS/c1-3-11-26(12-4-1)39-43-40(27-13-5-2-6-14-27)45-41(44-39)28-19-20-31-30(25-28)38-29-23-24-47-37(29)22-21-34(38)42(31)32-15-7-9-17-35(32)46-36-18-10-8-16-33(36)42/h1-25H. The Hall–Kier alpha value is -5.91. The summed E-state index contributed by atoms with van der Waals surface area (Å²) in [6, 6.07) is 50.9. The van der Waals surface area contributed by atoms with Gasteiger partial charge in [0.1, 0.15) is 11.5 Å². The molecule has 1 aliphatic heterocycles. The average Bonchev–Trinajstić information content (AvgIpc) is 3.74. The molecule has 2 aliphatic rings. The molecule has 1 spiro atoms. The highest BCUT2D eigenvalue weighted by Gasteiger charge is 2.51. The lowest BCUT2D eigenvalue weighted by atomic mass is 9.66. The first-order valence-corrected chi connectivity index (χ1v) is 16.6. The number of hydrogen-bond donors (Lipinski definition) is 0. The van der Waals surface area contributed by atoms with Gasteiger partial charge in [0.2, 0.25) is 0 Å². The molecule has 0 fully saturated rings. The van der Waals surface area contributed by atoms with Crippen molar-refractivity contribution in [3.63, 3.8) is 0 Å². The van der Waals surface area contributed by atoms with Gasteiger partial charge in [0.05, 0.1) is 5.41 Å². The number of hydrogen-bond acceptors (Lipinski definition) is 5. The number of thiophene rings is 1. The summed E-state index contributed by atoms with van der Waals surface area (Å²) >= 11 is 1.78. The zero-order valence-electron chi connectivity index (χ0n) is 25.1. The molecule has 0 amide bonds. The van der Waals surface area contributed by atoms with Crippen molar-refractivity contribution in [2.75, 3.05) is 0 Å². The van der Waals surface area contributed by atoms with Gasteiger partial charge in [-0.25, -0.2) is 15.0 Å². The second-order valence-corrected chi connectivity index (χ2v) is 12.9. The Morgan fingerprint density at radius 2 is 1.02 bits per heavy atom. The molecule has 10 rings (SSSR count). The lowest BCUT2D eigenvalue weighted by molar-refractivity contribution is 0.436. The number of para-hydroxylation sites is 2. The van der Waals surface area contributed by atoms with Gasteiger partial charge >= 0.3 is 0 Å². The van der Waals surface area contributed by atoms with Crippen LogP contribution in [-0.4, -0.2) is 15.0 Å². The Morgan fingerprint density at radius 1 is 0.468 bits per heavy atom. The molecule has 1 aliphatic carbocycles. The minimum absolute atomic E-state index is 0.533. The van der Waals surface area contributed by atoms with E-state index in [1.165, 1.54) is 32.3 Å². The maximum Gasteiger partial charge on any atom is 0.164 e. The van der Waals surface area contributed by atoms with E-state index in [2.05, 4.69) is 90.3 Å². The van der Waals surface area contributed by atoms with Gasteiger partial charge in [-0.15, -0.1) is 11.3 Å². The molecule has 0 saturated heterocycles. The maximum atomic E-state index is 6.55. The van der Waals surface area contributed by atoms with Crippen LogP contribution in [0.4, 0.5) is 0 Å². The summed E-state index contributed by atoms with van der Waals surface area (Å²) in [6.45, 7) is 0. The van der Waals surface area contributed by atoms with Crippen LogP contribution in [0.25, 0.3) is 55.4 Å². The SMILES string of the molecule is c1ccc(-c2nc(-c3ccccc3)nc(-c3ccc4c(c3)-c3c(ccc5sccc35)C43c4ccccc4Oc4ccccc43)n2)cc1. The van der Waals surface area contributed by atoms with E-state index in [-0.39, 0.29) is 0 Å². The van der Waals surface area contributed by atoms with E-state index in [4.69, 9.17) is 19.7 Å². The predicted octanol–water partition coefficient (Wildman–Crippen LogP) is 10.6. The van der Waals surface area contributed by atoms with Crippen molar-refractivity contribution in [1.82, 2.24) is 15.0 Å². The summed E-state index contributed by atoms with van der Waals surface area (Å²) < 4.78 is 7.81. The Bertz CT molecular complexity index is 2400. The summed E-state index contributed by atoms with van der Waals surface area (Å²) in [5.74, 6) is 3.72. The van der Waals surface area contributed by atoms with E-state index in [9.17, 15) is 0 Å². The monoisotopic (exact) mass is 619 g/mol. The number of fused-ring (bicyclic) bond motifs is 11. The largest absolute Gasteiger partial charge is 0.457 e. The van der Waals surface area contributed by atoms with Gasteiger partial charge in [-0.05, 0) is 58.0 Å². The van der Waals surface area contributed by atoms with Gasteiger partial charge in [0.15, 0.2) is 17.5 Å². The van der Waals surface area contributed by atoms with E-state index in [1.54, 1.807) is 11.3 Å². The van der Waals surface area contributed by atoms with Gasteiger partial charge in [-0.1, -0.05) is 115 Å². The summed E-state index contributed by atoms with van der Waals surface area (Å²) in [5.41, 5.74) is 9.58. The van der Waals surface area contributed by atoms with Crippen LogP contribution in [0.5, 0.6) is 11.5 Å². The van der Waals surface area contributed by atoms with Crippen LogP contribution in [0.15, 0.2) is 151 Å². The third kappa shape index (κ3) is 3.78. The molecule has 2 aromatic heterocycles. The second kappa shape index (κ2) is 10.0. The van der Waals surface area contributed by atoms with Crippen molar-refractivity contribution < 1.29 is 4.74 Å². The van der Waals surface area contributed by atoms with Gasteiger partial charge in [0, 0.05) is 37.9 Å². The van der Waals surface area contributed by atoms with Crippen molar-refractivity contribution in [2.24, 2.45) is 0 Å². The topological polar surface area (TPSA) is 47.9 Å². The number of benzene rings is 6. The lowest BCUT2D eigenvalue weighted by Crippen LogP contribution is -2.32. The second-order valence-electron chi connectivity index (χ2n) is 12.0. The van der Waals surface area contributed by atoms with Crippen LogP contribution in [0.2, 0.25) is 0 Å². The summed E-state index contributed by atoms with van der Waals surface area (Å²) in [6.07, 6.45) is 0. The Kier molecular flexibility index (Phi) is 5.63. The van der Waals surface area contributed by atoms with E-state index in [0.29, 0.717) is 17.5 Å². The molecular formula is C42H25N3OS. The quantitative estimate of drug-likeness (QED) is 0.197. The van der Waals surface area contributed by atoms with Gasteiger partial charge in [0.25, 0.3) is 0 Å². The number of aromatic nitrogens is 3. The molecule has 47 heavy (non-hydrogen) atoms. The van der Waals surface area contributed by atoms with Crippen LogP contribution < -0.4 is 4.74 Å². The molecular weight excluding hydrogens is 595 g/mol. The summed E-state index contributed by atoms with van der Waals surface area (Å²) in [7, 11) is 0. The molecule has 0 bridgehead atoms. The predicted molar refractivity (Wildman–Crippen MR) is 189 cm³/mol. The minimum atomic E-state index is -0.533. The Balaban J connectivity index is 1.27. The highest BCUT2D eigenvalue weighted by atomic mass is 32.1. The molecule has 5 heteroatoms. The fourth-order valence-electron chi connectivity index (χ4n) is 7.52. The van der Waals surface area contributed by atoms with E-state index >= 15 is 0 Å². The van der Waals surface area contributed by atoms with Crippen molar-refractivity contribution >= 4 is 21.4 Å². The number of nitrogens with zero attached hydrogens (tertiary/aromatic N) is 3. The minimum Gasteiger partial charge on any atom is -0.457 e. The zero-order valence-corrected chi connectivity index (χ0v) is 25.9. The van der Waals surface area contributed by atoms with Gasteiger partial charge in [-0.3, -0.25) is 0 Å². The first kappa shape index (κ1) is 26.3. The van der Waals surface area contributed by atoms with Crippen LogP contribution in [0.1, 0.15) is 22.3 Å². The van der Waals surface area contributed by atoms with Crippen molar-refractivity contribution in [1.29, 1.82) is 0 Å². The fraction of sp³-hybridized carbons (Fsp3) is 0.0238. The van der Waals surface area contributed by atoms with E-state index in [0.717, 1.165) is 39.3 Å². The Morgan fingerprint density at radius 3 is 1.66 bits per heavy atom. The highest BCUT2D eigenvalue weighted by Crippen LogP contribution is 2.63. The molecule has 0 N–H and O–H groups in total. The van der Waals surface area contributed by atoms with Crippen LogP contribution in [0, 0.1) is 0 Å². The molecule has 0 saturated carbocycles. The molecule has 6 aromatic carbocycles. The average molecular weight is 620 g/mol. The lowest BCUT2D eigenvalue weighted by Gasteiger charge is -2.39. The molecule has 220 valence electrons. The maximum absolute atomic E-state index is 6.55. The fourth-order valence-corrected chi connectivity index (χ4v) is 8.32. The molecule has 8 aromatic rings. The van der Waals surface area contributed by atoms with E-state index in [1.807, 2.05) is 60.7 Å². The Labute approximate surface area is 275 Å². The van der Waals surface area contributed by atoms with Crippen LogP contribution >= 0.6 is 11.3 Å². The third-order valence-corrected chi connectivity index (χ3v) is 10.4. The molecule has 3 heterocycles. The molecule has 4 nitrogen and oxygen atoms in total. The number of rotatable bonds is 3. The van der Waals surface area contributed by atoms with E-state index < -0.39 is 5.41 Å². The summed E-state index contributed by atoms with van der Waals surface area (Å²) in [5, 5.41) is 3.45. The molecule has 0 atom stereocenters. The van der Waals surface area contributed by atoms with Crippen LogP contribution in [0.3, 0.4) is 0 Å². The normalized spacial score (nSPS) is 13.4. The van der Waals surface area contributed by atoms with Crippen molar-refractivity contribution in [3.8, 4) is 56.8 Å². The first-order valence-electron chi connectivity index (χ1n) is 15.7. The van der Waals surface area contributed by atoms with Crippen molar-refractivity contribution in [2.45, 2.75) is 5.41 Å². The molecule has 0 unspecified atom stereocenters. The number of ether oxygens (including phenoxy) is 1. The van der Waals surface area contributed by atoms with Gasteiger partial charge < -0.3 is 4.74 Å². The van der Waals surface area contributed by atoms with Gasteiger partial charge in [-0.2, -0.15) is 0 Å². The summed E-state index contributed by atoms with van der Waals surface area (Å²) in [4.78, 5) is 15.1.